The molecule has 0 aromatic heterocycles. The third-order valence-electron chi connectivity index (χ3n) is 4.18. The largest absolute Gasteiger partial charge is 0.391 e. The number of hydrogen-bond donors (Lipinski definition) is 4. The Labute approximate surface area is 102 Å². The smallest absolute Gasteiger partial charge is 0.0994 e. The van der Waals surface area contributed by atoms with Crippen molar-refractivity contribution in [1.82, 2.24) is 10.2 Å². The second-order valence-corrected chi connectivity index (χ2v) is 5.41. The van der Waals surface area contributed by atoms with Crippen LogP contribution in [-0.2, 0) is 0 Å². The van der Waals surface area contributed by atoms with Crippen LogP contribution >= 0.6 is 0 Å². The number of fused-ring (bicyclic) bond motifs is 1. The first-order valence-corrected chi connectivity index (χ1v) is 6.59. The molecule has 0 amide bonds. The summed E-state index contributed by atoms with van der Waals surface area (Å²) in [6.07, 6.45) is -0.486. The molecule has 2 heterocycles. The van der Waals surface area contributed by atoms with Gasteiger partial charge in [0.25, 0.3) is 0 Å². The molecule has 0 saturated carbocycles. The Kier molecular flexibility index (Phi) is 4.05. The van der Waals surface area contributed by atoms with Crippen LogP contribution < -0.4 is 5.32 Å². The molecule has 0 aromatic carbocycles. The zero-order chi connectivity index (χ0) is 12.6. The van der Waals surface area contributed by atoms with Gasteiger partial charge in [0.1, 0.15) is 0 Å². The van der Waals surface area contributed by atoms with Gasteiger partial charge in [-0.3, -0.25) is 4.90 Å². The van der Waals surface area contributed by atoms with E-state index in [0.29, 0.717) is 19.0 Å². The van der Waals surface area contributed by atoms with E-state index in [1.807, 2.05) is 0 Å². The summed E-state index contributed by atoms with van der Waals surface area (Å²) in [6.45, 7) is 5.66. The van der Waals surface area contributed by atoms with Gasteiger partial charge in [0.2, 0.25) is 0 Å². The van der Waals surface area contributed by atoms with Gasteiger partial charge in [-0.25, -0.2) is 0 Å². The molecule has 100 valence electrons. The zero-order valence-corrected chi connectivity index (χ0v) is 10.6. The summed E-state index contributed by atoms with van der Waals surface area (Å²) in [6, 6.07) is -0.0765. The van der Waals surface area contributed by atoms with Gasteiger partial charge < -0.3 is 20.6 Å². The highest BCUT2D eigenvalue weighted by Crippen LogP contribution is 2.28. The molecule has 5 heteroatoms. The van der Waals surface area contributed by atoms with Crippen molar-refractivity contribution in [1.29, 1.82) is 0 Å². The van der Waals surface area contributed by atoms with Crippen molar-refractivity contribution in [3.8, 4) is 0 Å². The SMILES string of the molecule is CCC(C)N[C@H]1CN2CC[C@H](O)[C@@H]2[C@@H](O)[C@@H]1O. The Hall–Kier alpha value is -0.200. The highest BCUT2D eigenvalue weighted by atomic mass is 16.3. The first-order chi connectivity index (χ1) is 8.04. The van der Waals surface area contributed by atoms with Crippen molar-refractivity contribution in [2.75, 3.05) is 13.1 Å². The van der Waals surface area contributed by atoms with Crippen molar-refractivity contribution in [3.05, 3.63) is 0 Å². The minimum atomic E-state index is -0.859. The van der Waals surface area contributed by atoms with E-state index in [2.05, 4.69) is 24.1 Å². The molecule has 2 fully saturated rings. The molecule has 4 N–H and O–H groups in total. The van der Waals surface area contributed by atoms with Crippen LogP contribution in [-0.4, -0.2) is 69.7 Å². The first kappa shape index (κ1) is 13.2. The number of nitrogens with one attached hydrogen (secondary N) is 1. The van der Waals surface area contributed by atoms with Crippen molar-refractivity contribution in [3.63, 3.8) is 0 Å². The Morgan fingerprint density at radius 1 is 1.29 bits per heavy atom. The second-order valence-electron chi connectivity index (χ2n) is 5.41. The minimum Gasteiger partial charge on any atom is -0.391 e. The predicted octanol–water partition coefficient (Wildman–Crippen LogP) is -1.09. The fraction of sp³-hybridized carbons (Fsp3) is 1.00. The lowest BCUT2D eigenvalue weighted by atomic mass is 9.91. The summed E-state index contributed by atoms with van der Waals surface area (Å²) in [7, 11) is 0. The topological polar surface area (TPSA) is 76.0 Å². The number of nitrogens with zero attached hydrogens (tertiary/aromatic N) is 1. The number of aliphatic hydroxyl groups is 3. The zero-order valence-electron chi connectivity index (χ0n) is 10.6. The van der Waals surface area contributed by atoms with Crippen LogP contribution in [0, 0.1) is 0 Å². The van der Waals surface area contributed by atoms with Crippen molar-refractivity contribution in [2.45, 2.75) is 63.1 Å². The van der Waals surface area contributed by atoms with Crippen molar-refractivity contribution >= 4 is 0 Å². The van der Waals surface area contributed by atoms with Gasteiger partial charge in [-0.2, -0.15) is 0 Å². The average molecular weight is 244 g/mol. The molecule has 2 rings (SSSR count). The van der Waals surface area contributed by atoms with Crippen LogP contribution in [0.5, 0.6) is 0 Å². The van der Waals surface area contributed by atoms with Crippen LogP contribution in [0.3, 0.4) is 0 Å². The summed E-state index contributed by atoms with van der Waals surface area (Å²) in [5, 5.41) is 33.3. The summed E-state index contributed by atoms with van der Waals surface area (Å²) in [5.41, 5.74) is 0. The molecule has 17 heavy (non-hydrogen) atoms. The Bertz CT molecular complexity index is 264. The van der Waals surface area contributed by atoms with Crippen molar-refractivity contribution in [2.24, 2.45) is 0 Å². The first-order valence-electron chi connectivity index (χ1n) is 6.59. The lowest BCUT2D eigenvalue weighted by molar-refractivity contribution is -0.103. The number of aliphatic hydroxyl groups excluding tert-OH is 3. The second kappa shape index (κ2) is 5.20. The minimum absolute atomic E-state index is 0.110. The maximum Gasteiger partial charge on any atom is 0.0994 e. The molecule has 0 radical (unpaired) electrons. The Morgan fingerprint density at radius 3 is 2.65 bits per heavy atom. The maximum atomic E-state index is 10.1. The quantitative estimate of drug-likeness (QED) is 0.508. The van der Waals surface area contributed by atoms with E-state index in [0.717, 1.165) is 13.0 Å². The summed E-state index contributed by atoms with van der Waals surface area (Å²) < 4.78 is 0. The maximum absolute atomic E-state index is 10.1. The molecule has 5 nitrogen and oxygen atoms in total. The molecule has 6 atom stereocenters. The number of rotatable bonds is 3. The van der Waals surface area contributed by atoms with Gasteiger partial charge in [-0.05, 0) is 19.8 Å². The van der Waals surface area contributed by atoms with E-state index >= 15 is 0 Å². The standard InChI is InChI=1S/C12H24N2O3/c1-3-7(2)13-8-6-14-5-4-9(15)10(14)12(17)11(8)16/h7-13,15-17H,3-6H2,1-2H3/t7?,8-,9-,10+,11+,12+/m0/s1. The molecule has 0 spiro atoms. The molecular formula is C12H24N2O3. The molecule has 0 aliphatic carbocycles. The molecule has 2 saturated heterocycles. The lowest BCUT2D eigenvalue weighted by Crippen LogP contribution is -2.65. The average Bonchev–Trinajstić information content (AvgIpc) is 2.67. The molecule has 0 bridgehead atoms. The van der Waals surface area contributed by atoms with Crippen LogP contribution in [0.1, 0.15) is 26.7 Å². The fourth-order valence-corrected chi connectivity index (χ4v) is 2.95. The number of piperidine rings is 1. The molecule has 2 aliphatic heterocycles. The molecular weight excluding hydrogens is 220 g/mol. The predicted molar refractivity (Wildman–Crippen MR) is 64.7 cm³/mol. The monoisotopic (exact) mass is 244 g/mol. The van der Waals surface area contributed by atoms with E-state index in [1.54, 1.807) is 0 Å². The van der Waals surface area contributed by atoms with E-state index in [-0.39, 0.29) is 12.1 Å². The van der Waals surface area contributed by atoms with Crippen LogP contribution in [0.25, 0.3) is 0 Å². The van der Waals surface area contributed by atoms with Crippen LogP contribution in [0.2, 0.25) is 0 Å². The highest BCUT2D eigenvalue weighted by molar-refractivity contribution is 5.03. The number of hydrogen-bond acceptors (Lipinski definition) is 5. The Balaban J connectivity index is 2.02. The normalized spacial score (nSPS) is 44.6. The summed E-state index contributed by atoms with van der Waals surface area (Å²) >= 11 is 0. The third-order valence-corrected chi connectivity index (χ3v) is 4.18. The van der Waals surface area contributed by atoms with Gasteiger partial charge in [-0.1, -0.05) is 6.92 Å². The van der Waals surface area contributed by atoms with E-state index in [9.17, 15) is 15.3 Å². The van der Waals surface area contributed by atoms with Crippen LogP contribution in [0.15, 0.2) is 0 Å². The highest BCUT2D eigenvalue weighted by Gasteiger charge is 2.48. The van der Waals surface area contributed by atoms with Crippen LogP contribution in [0.4, 0.5) is 0 Å². The van der Waals surface area contributed by atoms with Gasteiger partial charge in [0, 0.05) is 25.2 Å². The van der Waals surface area contributed by atoms with Gasteiger partial charge in [-0.15, -0.1) is 0 Å². The summed E-state index contributed by atoms with van der Waals surface area (Å²) in [5.74, 6) is 0. The Morgan fingerprint density at radius 2 is 2.00 bits per heavy atom. The molecule has 0 aromatic rings. The van der Waals surface area contributed by atoms with Crippen molar-refractivity contribution < 1.29 is 15.3 Å². The van der Waals surface area contributed by atoms with E-state index in [4.69, 9.17) is 0 Å². The van der Waals surface area contributed by atoms with E-state index < -0.39 is 18.3 Å². The van der Waals surface area contributed by atoms with E-state index in [1.165, 1.54) is 0 Å². The van der Waals surface area contributed by atoms with Gasteiger partial charge >= 0.3 is 0 Å². The summed E-state index contributed by atoms with van der Waals surface area (Å²) in [4.78, 5) is 2.09. The van der Waals surface area contributed by atoms with Gasteiger partial charge in [0.15, 0.2) is 0 Å². The lowest BCUT2D eigenvalue weighted by Gasteiger charge is -2.44. The van der Waals surface area contributed by atoms with Gasteiger partial charge in [0.05, 0.1) is 24.4 Å². The fourth-order valence-electron chi connectivity index (χ4n) is 2.95. The molecule has 2 aliphatic rings. The third kappa shape index (κ3) is 2.48. The molecule has 1 unspecified atom stereocenters.